The van der Waals surface area contributed by atoms with E-state index in [1.807, 2.05) is 0 Å². The third-order valence-corrected chi connectivity index (χ3v) is 1.73. The van der Waals surface area contributed by atoms with Crippen molar-refractivity contribution in [1.82, 2.24) is 15.5 Å². The molecule has 7 heteroatoms. The summed E-state index contributed by atoms with van der Waals surface area (Å²) in [7, 11) is 0. The molecular formula is C9H13N3O4. The summed E-state index contributed by atoms with van der Waals surface area (Å²) < 4.78 is 4.68. The number of hydrogen-bond donors (Lipinski definition) is 3. The van der Waals surface area contributed by atoms with Gasteiger partial charge in [0.1, 0.15) is 5.69 Å². The molecule has 0 atom stereocenters. The number of rotatable bonds is 5. The van der Waals surface area contributed by atoms with E-state index in [2.05, 4.69) is 20.3 Å². The zero-order valence-electron chi connectivity index (χ0n) is 8.82. The van der Waals surface area contributed by atoms with Gasteiger partial charge in [0.15, 0.2) is 0 Å². The van der Waals surface area contributed by atoms with E-state index in [0.29, 0.717) is 6.61 Å². The lowest BCUT2D eigenvalue weighted by atomic mass is 10.3. The average molecular weight is 227 g/mol. The maximum Gasteiger partial charge on any atom is 0.307 e. The molecule has 0 unspecified atom stereocenters. The van der Waals surface area contributed by atoms with Gasteiger partial charge >= 0.3 is 5.97 Å². The first kappa shape index (κ1) is 12.0. The molecule has 88 valence electrons. The molecule has 0 aliphatic carbocycles. The molecule has 1 amide bonds. The number of amides is 1. The first-order valence-corrected chi connectivity index (χ1v) is 4.81. The zero-order valence-corrected chi connectivity index (χ0v) is 8.82. The molecular weight excluding hydrogens is 214 g/mol. The Kier molecular flexibility index (Phi) is 4.31. The van der Waals surface area contributed by atoms with Gasteiger partial charge in [-0.3, -0.25) is 14.7 Å². The van der Waals surface area contributed by atoms with Crippen LogP contribution in [0, 0.1) is 0 Å². The third-order valence-electron chi connectivity index (χ3n) is 1.73. The predicted molar refractivity (Wildman–Crippen MR) is 53.8 cm³/mol. The van der Waals surface area contributed by atoms with Crippen LogP contribution in [0.25, 0.3) is 0 Å². The number of esters is 1. The Hall–Kier alpha value is -2.05. The van der Waals surface area contributed by atoms with Crippen LogP contribution in [0.2, 0.25) is 0 Å². The highest BCUT2D eigenvalue weighted by Crippen LogP contribution is 2.04. The van der Waals surface area contributed by atoms with Crippen molar-refractivity contribution in [1.29, 1.82) is 0 Å². The third kappa shape index (κ3) is 3.60. The Labute approximate surface area is 91.8 Å². The van der Waals surface area contributed by atoms with Gasteiger partial charge in [-0.15, -0.1) is 5.10 Å². The molecule has 7 nitrogen and oxygen atoms in total. The minimum atomic E-state index is -0.433. The Morgan fingerprint density at radius 1 is 1.62 bits per heavy atom. The Bertz CT molecular complexity index is 375. The van der Waals surface area contributed by atoms with E-state index in [1.54, 1.807) is 6.92 Å². The number of nitrogens with zero attached hydrogens (tertiary/aromatic N) is 1. The fourth-order valence-electron chi connectivity index (χ4n) is 1.03. The van der Waals surface area contributed by atoms with E-state index >= 15 is 0 Å². The monoisotopic (exact) mass is 227 g/mol. The van der Waals surface area contributed by atoms with Gasteiger partial charge in [-0.1, -0.05) is 0 Å². The number of aromatic hydroxyl groups is 1. The van der Waals surface area contributed by atoms with Gasteiger partial charge in [-0.2, -0.15) is 0 Å². The molecule has 1 rings (SSSR count). The average Bonchev–Trinajstić information content (AvgIpc) is 2.65. The molecule has 1 heterocycles. The van der Waals surface area contributed by atoms with Crippen LogP contribution < -0.4 is 5.32 Å². The van der Waals surface area contributed by atoms with Gasteiger partial charge in [-0.25, -0.2) is 0 Å². The van der Waals surface area contributed by atoms with E-state index in [-0.39, 0.29) is 30.5 Å². The molecule has 0 spiro atoms. The lowest BCUT2D eigenvalue weighted by Crippen LogP contribution is -2.26. The highest BCUT2D eigenvalue weighted by molar-refractivity contribution is 5.92. The summed E-state index contributed by atoms with van der Waals surface area (Å²) in [4.78, 5) is 22.3. The number of nitrogens with one attached hydrogen (secondary N) is 2. The molecule has 0 fully saturated rings. The topological polar surface area (TPSA) is 104 Å². The number of ether oxygens (including phenoxy) is 1. The first-order chi connectivity index (χ1) is 7.63. The van der Waals surface area contributed by atoms with Crippen molar-refractivity contribution in [2.75, 3.05) is 13.2 Å². The second-order valence-corrected chi connectivity index (χ2v) is 2.95. The molecule has 1 aromatic rings. The summed E-state index contributed by atoms with van der Waals surface area (Å²) in [6, 6.07) is 1.19. The van der Waals surface area contributed by atoms with Crippen molar-refractivity contribution >= 4 is 11.9 Å². The maximum atomic E-state index is 11.4. The summed E-state index contributed by atoms with van der Waals surface area (Å²) in [5.74, 6) is -1.05. The molecule has 16 heavy (non-hydrogen) atoms. The molecule has 1 aromatic heterocycles. The van der Waals surface area contributed by atoms with Gasteiger partial charge in [-0.05, 0) is 6.92 Å². The zero-order chi connectivity index (χ0) is 12.0. The normalized spacial score (nSPS) is 9.81. The van der Waals surface area contributed by atoms with E-state index in [4.69, 9.17) is 5.11 Å². The van der Waals surface area contributed by atoms with Crippen LogP contribution in [-0.2, 0) is 9.53 Å². The van der Waals surface area contributed by atoms with Crippen LogP contribution in [0.1, 0.15) is 23.8 Å². The smallest absolute Gasteiger partial charge is 0.307 e. The van der Waals surface area contributed by atoms with E-state index in [9.17, 15) is 9.59 Å². The number of carbonyl (C=O) groups is 2. The SMILES string of the molecule is CCOC(=O)CCNC(=O)c1cc(O)n[nH]1. The highest BCUT2D eigenvalue weighted by Gasteiger charge is 2.09. The first-order valence-electron chi connectivity index (χ1n) is 4.81. The second kappa shape index (κ2) is 5.74. The molecule has 0 bridgehead atoms. The van der Waals surface area contributed by atoms with E-state index < -0.39 is 5.91 Å². The Morgan fingerprint density at radius 3 is 2.94 bits per heavy atom. The van der Waals surface area contributed by atoms with Crippen LogP contribution >= 0.6 is 0 Å². The number of aromatic amines is 1. The summed E-state index contributed by atoms with van der Waals surface area (Å²) >= 11 is 0. The second-order valence-electron chi connectivity index (χ2n) is 2.95. The van der Waals surface area contributed by atoms with E-state index in [0.717, 1.165) is 0 Å². The lowest BCUT2D eigenvalue weighted by molar-refractivity contribution is -0.142. The van der Waals surface area contributed by atoms with Gasteiger partial charge in [0.2, 0.25) is 5.88 Å². The van der Waals surface area contributed by atoms with Crippen LogP contribution in [0.15, 0.2) is 6.07 Å². The summed E-state index contributed by atoms with van der Waals surface area (Å²) in [5, 5.41) is 17.1. The molecule has 0 aromatic carbocycles. The minimum absolute atomic E-state index is 0.111. The van der Waals surface area contributed by atoms with Crippen molar-refractivity contribution in [3.63, 3.8) is 0 Å². The largest absolute Gasteiger partial charge is 0.492 e. The van der Waals surface area contributed by atoms with Crippen LogP contribution in [0.4, 0.5) is 0 Å². The highest BCUT2D eigenvalue weighted by atomic mass is 16.5. The fraction of sp³-hybridized carbons (Fsp3) is 0.444. The van der Waals surface area contributed by atoms with Crippen molar-refractivity contribution in [2.24, 2.45) is 0 Å². The van der Waals surface area contributed by atoms with E-state index in [1.165, 1.54) is 6.07 Å². The lowest BCUT2D eigenvalue weighted by Gasteiger charge is -2.03. The van der Waals surface area contributed by atoms with Crippen molar-refractivity contribution in [2.45, 2.75) is 13.3 Å². The molecule has 0 aliphatic rings. The standard InChI is InChI=1S/C9H13N3O4/c1-2-16-8(14)3-4-10-9(15)6-5-7(13)12-11-6/h5H,2-4H2,1H3,(H,10,15)(H2,11,12,13). The van der Waals surface area contributed by atoms with Crippen LogP contribution in [0.5, 0.6) is 5.88 Å². The number of carbonyl (C=O) groups excluding carboxylic acids is 2. The van der Waals surface area contributed by atoms with Gasteiger partial charge < -0.3 is 15.2 Å². The Morgan fingerprint density at radius 2 is 2.38 bits per heavy atom. The summed E-state index contributed by atoms with van der Waals surface area (Å²) in [5.41, 5.74) is 0.140. The van der Waals surface area contributed by atoms with Crippen molar-refractivity contribution in [3.8, 4) is 5.88 Å². The summed E-state index contributed by atoms with van der Waals surface area (Å²) in [6.45, 7) is 2.21. The number of hydrogen-bond acceptors (Lipinski definition) is 5. The minimum Gasteiger partial charge on any atom is -0.492 e. The van der Waals surface area contributed by atoms with Crippen molar-refractivity contribution < 1.29 is 19.4 Å². The predicted octanol–water partition coefficient (Wildman–Crippen LogP) is -0.202. The molecule has 3 N–H and O–H groups in total. The number of aromatic nitrogens is 2. The quantitative estimate of drug-likeness (QED) is 0.604. The number of H-pyrrole nitrogens is 1. The maximum absolute atomic E-state index is 11.4. The van der Waals surface area contributed by atoms with Gasteiger partial charge in [0.25, 0.3) is 5.91 Å². The molecule has 0 radical (unpaired) electrons. The molecule has 0 saturated carbocycles. The van der Waals surface area contributed by atoms with Crippen molar-refractivity contribution in [3.05, 3.63) is 11.8 Å². The fourth-order valence-corrected chi connectivity index (χ4v) is 1.03. The van der Waals surface area contributed by atoms with Gasteiger partial charge in [0, 0.05) is 12.6 Å². The molecule has 0 saturated heterocycles. The van der Waals surface area contributed by atoms with Crippen LogP contribution in [0.3, 0.4) is 0 Å². The van der Waals surface area contributed by atoms with Gasteiger partial charge in [0.05, 0.1) is 13.0 Å². The Balaban J connectivity index is 2.28. The summed E-state index contributed by atoms with van der Waals surface area (Å²) in [6.07, 6.45) is 0.111. The van der Waals surface area contributed by atoms with Crippen LogP contribution in [-0.4, -0.2) is 40.3 Å². The molecule has 0 aliphatic heterocycles.